The van der Waals surface area contributed by atoms with Crippen molar-refractivity contribution < 1.29 is 24.1 Å². The number of halogens is 1. The first kappa shape index (κ1) is 22.7. The molecule has 5 nitrogen and oxygen atoms in total. The molecule has 0 saturated carbocycles. The minimum Gasteiger partial charge on any atom is -0.510 e. The van der Waals surface area contributed by atoms with Gasteiger partial charge in [-0.25, -0.2) is 9.18 Å². The molecule has 0 spiro atoms. The van der Waals surface area contributed by atoms with Crippen LogP contribution in [0.4, 0.5) is 10.1 Å². The SMILES string of the molecule is CC(C)N(C1=C(O)CC(CCc2ccc(O)cc2)(C(C)C)OC1=O)c1ccc(F)cc1. The Labute approximate surface area is 182 Å². The quantitative estimate of drug-likeness (QED) is 0.572. The molecule has 0 aromatic heterocycles. The van der Waals surface area contributed by atoms with Crippen LogP contribution in [0, 0.1) is 11.7 Å². The van der Waals surface area contributed by atoms with Crippen molar-refractivity contribution in [3.05, 3.63) is 71.4 Å². The number of phenols is 1. The number of aliphatic hydroxyl groups is 1. The smallest absolute Gasteiger partial charge is 0.359 e. The monoisotopic (exact) mass is 427 g/mol. The molecule has 0 aliphatic carbocycles. The highest BCUT2D eigenvalue weighted by Crippen LogP contribution is 2.40. The van der Waals surface area contributed by atoms with E-state index in [-0.39, 0.29) is 41.4 Å². The molecule has 1 unspecified atom stereocenters. The van der Waals surface area contributed by atoms with Crippen LogP contribution in [0.15, 0.2) is 60.0 Å². The number of phenolic OH excluding ortho intramolecular Hbond substituents is 1. The lowest BCUT2D eigenvalue weighted by molar-refractivity contribution is -0.166. The molecule has 1 heterocycles. The molecular formula is C25H30FNO4. The Balaban J connectivity index is 1.91. The van der Waals surface area contributed by atoms with E-state index in [0.717, 1.165) is 5.56 Å². The first-order valence-electron chi connectivity index (χ1n) is 10.6. The fraction of sp³-hybridized carbons (Fsp3) is 0.400. The topological polar surface area (TPSA) is 70.0 Å². The Bertz CT molecular complexity index is 950. The van der Waals surface area contributed by atoms with Gasteiger partial charge < -0.3 is 19.8 Å². The number of carbonyl (C=O) groups excluding carboxylic acids is 1. The molecule has 6 heteroatoms. The summed E-state index contributed by atoms with van der Waals surface area (Å²) in [5.41, 5.74) is 0.880. The van der Waals surface area contributed by atoms with Crippen molar-refractivity contribution in [2.45, 2.75) is 58.6 Å². The van der Waals surface area contributed by atoms with E-state index in [9.17, 15) is 19.4 Å². The molecular weight excluding hydrogens is 397 g/mol. The maximum Gasteiger partial charge on any atom is 0.359 e. The lowest BCUT2D eigenvalue weighted by Crippen LogP contribution is -2.48. The Kier molecular flexibility index (Phi) is 6.58. The summed E-state index contributed by atoms with van der Waals surface area (Å²) < 4.78 is 19.4. The number of ether oxygens (including phenoxy) is 1. The van der Waals surface area contributed by atoms with E-state index in [1.54, 1.807) is 29.2 Å². The average molecular weight is 428 g/mol. The summed E-state index contributed by atoms with van der Waals surface area (Å²) in [6, 6.07) is 12.6. The summed E-state index contributed by atoms with van der Waals surface area (Å²) in [6.45, 7) is 7.74. The number of esters is 1. The zero-order valence-corrected chi connectivity index (χ0v) is 18.4. The van der Waals surface area contributed by atoms with Crippen LogP contribution in [0.2, 0.25) is 0 Å². The van der Waals surface area contributed by atoms with Crippen LogP contribution >= 0.6 is 0 Å². The average Bonchev–Trinajstić information content (AvgIpc) is 2.71. The molecule has 0 fully saturated rings. The predicted octanol–water partition coefficient (Wildman–Crippen LogP) is 5.49. The van der Waals surface area contributed by atoms with Gasteiger partial charge in [0.05, 0.1) is 0 Å². The minimum atomic E-state index is -0.839. The fourth-order valence-corrected chi connectivity index (χ4v) is 4.05. The molecule has 2 N–H and O–H groups in total. The molecule has 1 atom stereocenters. The van der Waals surface area contributed by atoms with Crippen LogP contribution in [0.5, 0.6) is 5.75 Å². The van der Waals surface area contributed by atoms with Crippen LogP contribution in [0.1, 0.15) is 46.1 Å². The molecule has 0 saturated heterocycles. The molecule has 2 aromatic carbocycles. The summed E-state index contributed by atoms with van der Waals surface area (Å²) in [4.78, 5) is 14.9. The van der Waals surface area contributed by atoms with Gasteiger partial charge in [0.1, 0.15) is 22.9 Å². The lowest BCUT2D eigenvalue weighted by atomic mass is 9.79. The second-order valence-corrected chi connectivity index (χ2v) is 8.69. The third-order valence-electron chi connectivity index (χ3n) is 5.92. The highest BCUT2D eigenvalue weighted by atomic mass is 19.1. The summed E-state index contributed by atoms with van der Waals surface area (Å²) in [5.74, 6) is -0.790. The van der Waals surface area contributed by atoms with E-state index in [4.69, 9.17) is 4.74 Å². The Hall–Kier alpha value is -3.02. The summed E-state index contributed by atoms with van der Waals surface area (Å²) in [7, 11) is 0. The number of rotatable bonds is 7. The van der Waals surface area contributed by atoms with E-state index in [0.29, 0.717) is 18.5 Å². The van der Waals surface area contributed by atoms with Gasteiger partial charge in [-0.15, -0.1) is 0 Å². The standard InChI is InChI=1S/C25H30FNO4/c1-16(2)25(14-13-18-5-11-21(28)12-6-18)15-22(29)23(24(30)31-25)27(17(3)4)20-9-7-19(26)8-10-20/h5-12,16-17,28-29H,13-15H2,1-4H3. The van der Waals surface area contributed by atoms with E-state index in [1.807, 2.05) is 39.8 Å². The largest absolute Gasteiger partial charge is 0.510 e. The summed E-state index contributed by atoms with van der Waals surface area (Å²) >= 11 is 0. The second kappa shape index (κ2) is 9.00. The first-order valence-corrected chi connectivity index (χ1v) is 10.6. The minimum absolute atomic E-state index is 0.0180. The highest BCUT2D eigenvalue weighted by Gasteiger charge is 2.46. The molecule has 3 rings (SSSR count). The molecule has 0 amide bonds. The van der Waals surface area contributed by atoms with Crippen molar-refractivity contribution in [1.29, 1.82) is 0 Å². The van der Waals surface area contributed by atoms with Crippen LogP contribution in [-0.2, 0) is 16.0 Å². The normalized spacial score (nSPS) is 19.1. The van der Waals surface area contributed by atoms with Crippen molar-refractivity contribution in [1.82, 2.24) is 0 Å². The van der Waals surface area contributed by atoms with Gasteiger partial charge in [-0.3, -0.25) is 0 Å². The van der Waals surface area contributed by atoms with E-state index in [2.05, 4.69) is 0 Å². The van der Waals surface area contributed by atoms with Gasteiger partial charge in [0, 0.05) is 18.2 Å². The van der Waals surface area contributed by atoms with Crippen LogP contribution in [-0.4, -0.2) is 27.8 Å². The highest BCUT2D eigenvalue weighted by molar-refractivity contribution is 5.94. The van der Waals surface area contributed by atoms with Crippen molar-refractivity contribution in [3.8, 4) is 5.75 Å². The maximum absolute atomic E-state index is 13.4. The molecule has 166 valence electrons. The number of cyclic esters (lactones) is 1. The number of nitrogens with zero attached hydrogens (tertiary/aromatic N) is 1. The van der Waals surface area contributed by atoms with Gasteiger partial charge in [-0.05, 0) is 74.6 Å². The second-order valence-electron chi connectivity index (χ2n) is 8.69. The fourth-order valence-electron chi connectivity index (χ4n) is 4.05. The number of aryl methyl sites for hydroxylation is 1. The van der Waals surface area contributed by atoms with Gasteiger partial charge in [-0.1, -0.05) is 26.0 Å². The molecule has 1 aliphatic rings. The Morgan fingerprint density at radius 1 is 1.03 bits per heavy atom. The number of aliphatic hydroxyl groups excluding tert-OH is 1. The molecule has 1 aliphatic heterocycles. The van der Waals surface area contributed by atoms with Gasteiger partial charge in [0.25, 0.3) is 0 Å². The van der Waals surface area contributed by atoms with Crippen molar-refractivity contribution in [3.63, 3.8) is 0 Å². The van der Waals surface area contributed by atoms with E-state index in [1.165, 1.54) is 12.1 Å². The van der Waals surface area contributed by atoms with E-state index < -0.39 is 11.6 Å². The molecule has 31 heavy (non-hydrogen) atoms. The number of hydrogen-bond donors (Lipinski definition) is 2. The van der Waals surface area contributed by atoms with Crippen LogP contribution in [0.25, 0.3) is 0 Å². The number of aromatic hydroxyl groups is 1. The van der Waals surface area contributed by atoms with Crippen molar-refractivity contribution in [2.24, 2.45) is 5.92 Å². The van der Waals surface area contributed by atoms with Crippen molar-refractivity contribution in [2.75, 3.05) is 4.90 Å². The molecule has 0 bridgehead atoms. The van der Waals surface area contributed by atoms with Crippen molar-refractivity contribution >= 4 is 11.7 Å². The van der Waals surface area contributed by atoms with Crippen LogP contribution < -0.4 is 4.90 Å². The lowest BCUT2D eigenvalue weighted by Gasteiger charge is -2.43. The number of carbonyl (C=O) groups is 1. The zero-order valence-electron chi connectivity index (χ0n) is 18.4. The molecule has 0 radical (unpaired) electrons. The Morgan fingerprint density at radius 3 is 2.16 bits per heavy atom. The summed E-state index contributed by atoms with van der Waals surface area (Å²) in [5, 5.41) is 20.5. The predicted molar refractivity (Wildman–Crippen MR) is 118 cm³/mol. The van der Waals surface area contributed by atoms with E-state index >= 15 is 0 Å². The van der Waals surface area contributed by atoms with Gasteiger partial charge >= 0.3 is 5.97 Å². The summed E-state index contributed by atoms with van der Waals surface area (Å²) in [6.07, 6.45) is 1.38. The van der Waals surface area contributed by atoms with Gasteiger partial charge in [-0.2, -0.15) is 0 Å². The molecule has 2 aromatic rings. The Morgan fingerprint density at radius 2 is 1.65 bits per heavy atom. The number of anilines is 1. The van der Waals surface area contributed by atoms with Gasteiger partial charge in [0.15, 0.2) is 5.70 Å². The first-order chi connectivity index (χ1) is 14.6. The van der Waals surface area contributed by atoms with Crippen LogP contribution in [0.3, 0.4) is 0 Å². The van der Waals surface area contributed by atoms with Gasteiger partial charge in [0.2, 0.25) is 0 Å². The zero-order chi connectivity index (χ0) is 22.8. The third-order valence-corrected chi connectivity index (χ3v) is 5.92. The number of benzene rings is 2. The maximum atomic E-state index is 13.4. The number of hydrogen-bond acceptors (Lipinski definition) is 5. The third kappa shape index (κ3) is 4.84.